The van der Waals surface area contributed by atoms with Crippen molar-refractivity contribution < 1.29 is 14.3 Å². The molecule has 2 aliphatic rings. The molecular formula is C17H21N5O4. The third-order valence-electron chi connectivity index (χ3n) is 4.94. The number of aromatic amines is 1. The van der Waals surface area contributed by atoms with Crippen molar-refractivity contribution in [3.8, 4) is 5.82 Å². The molecule has 1 spiro atoms. The third kappa shape index (κ3) is 3.04. The fourth-order valence-corrected chi connectivity index (χ4v) is 3.56. The van der Waals surface area contributed by atoms with E-state index in [0.29, 0.717) is 43.4 Å². The van der Waals surface area contributed by atoms with Crippen LogP contribution in [0.1, 0.15) is 28.9 Å². The number of carbonyl (C=O) groups excluding carboxylic acids is 1. The largest absolute Gasteiger partial charge is 0.378 e. The number of hydrogen-bond acceptors (Lipinski definition) is 6. The number of carbonyl (C=O) groups is 1. The summed E-state index contributed by atoms with van der Waals surface area (Å²) in [5.74, 6) is 0.381. The van der Waals surface area contributed by atoms with E-state index in [-0.39, 0.29) is 11.5 Å². The van der Waals surface area contributed by atoms with Gasteiger partial charge in [0.05, 0.1) is 37.2 Å². The maximum atomic E-state index is 13.0. The molecule has 26 heavy (non-hydrogen) atoms. The second kappa shape index (κ2) is 6.65. The van der Waals surface area contributed by atoms with E-state index in [1.165, 1.54) is 6.07 Å². The highest BCUT2D eigenvalue weighted by Gasteiger charge is 2.40. The molecule has 0 radical (unpaired) electrons. The van der Waals surface area contributed by atoms with Crippen LogP contribution in [-0.4, -0.2) is 69.3 Å². The van der Waals surface area contributed by atoms with E-state index in [1.807, 2.05) is 11.8 Å². The standard InChI is InChI=1S/C17H21N5O4/c1-12-13(9-18-22(12)14-3-4-15(23)20-19-14)16(24)21-6-8-26-17(10-21)5-2-7-25-11-17/h3-4,9H,2,5-8,10-11H2,1H3,(H,20,23). The molecule has 2 aromatic rings. The van der Waals surface area contributed by atoms with Gasteiger partial charge >= 0.3 is 0 Å². The first kappa shape index (κ1) is 16.9. The molecule has 1 unspecified atom stereocenters. The highest BCUT2D eigenvalue weighted by atomic mass is 16.5. The number of ether oxygens (including phenoxy) is 2. The quantitative estimate of drug-likeness (QED) is 0.827. The van der Waals surface area contributed by atoms with E-state index in [9.17, 15) is 9.59 Å². The van der Waals surface area contributed by atoms with Gasteiger partial charge in [0.2, 0.25) is 0 Å². The van der Waals surface area contributed by atoms with Crippen LogP contribution in [0.4, 0.5) is 0 Å². The molecule has 2 fully saturated rings. The lowest BCUT2D eigenvalue weighted by atomic mass is 9.94. The molecule has 2 aromatic heterocycles. The van der Waals surface area contributed by atoms with Crippen molar-refractivity contribution in [3.63, 3.8) is 0 Å². The number of hydrogen-bond donors (Lipinski definition) is 1. The van der Waals surface area contributed by atoms with E-state index >= 15 is 0 Å². The lowest BCUT2D eigenvalue weighted by Crippen LogP contribution is -2.57. The van der Waals surface area contributed by atoms with Gasteiger partial charge < -0.3 is 14.4 Å². The molecule has 0 aromatic carbocycles. The van der Waals surface area contributed by atoms with Crippen molar-refractivity contribution in [1.29, 1.82) is 0 Å². The van der Waals surface area contributed by atoms with E-state index in [2.05, 4.69) is 15.3 Å². The molecule has 1 N–H and O–H groups in total. The van der Waals surface area contributed by atoms with Crippen LogP contribution in [0.2, 0.25) is 0 Å². The zero-order valence-corrected chi connectivity index (χ0v) is 14.6. The van der Waals surface area contributed by atoms with Gasteiger partial charge in [-0.15, -0.1) is 0 Å². The minimum atomic E-state index is -0.392. The minimum Gasteiger partial charge on any atom is -0.378 e. The zero-order chi connectivity index (χ0) is 18.1. The van der Waals surface area contributed by atoms with Crippen molar-refractivity contribution in [3.05, 3.63) is 39.9 Å². The van der Waals surface area contributed by atoms with E-state index in [4.69, 9.17) is 9.47 Å². The third-order valence-corrected chi connectivity index (χ3v) is 4.94. The van der Waals surface area contributed by atoms with Crippen molar-refractivity contribution in [1.82, 2.24) is 24.9 Å². The van der Waals surface area contributed by atoms with Gasteiger partial charge in [-0.25, -0.2) is 9.78 Å². The number of amides is 1. The first-order chi connectivity index (χ1) is 12.6. The Labute approximate surface area is 149 Å². The summed E-state index contributed by atoms with van der Waals surface area (Å²) < 4.78 is 13.1. The first-order valence-electron chi connectivity index (χ1n) is 8.70. The molecule has 4 rings (SSSR count). The van der Waals surface area contributed by atoms with Crippen molar-refractivity contribution in [2.75, 3.05) is 32.9 Å². The van der Waals surface area contributed by atoms with Crippen LogP contribution in [0.5, 0.6) is 0 Å². The topological polar surface area (TPSA) is 102 Å². The van der Waals surface area contributed by atoms with Gasteiger partial charge in [-0.05, 0) is 25.8 Å². The van der Waals surface area contributed by atoms with E-state index in [1.54, 1.807) is 16.9 Å². The van der Waals surface area contributed by atoms with Crippen LogP contribution >= 0.6 is 0 Å². The van der Waals surface area contributed by atoms with Gasteiger partial charge in [-0.3, -0.25) is 9.59 Å². The average molecular weight is 359 g/mol. The zero-order valence-electron chi connectivity index (χ0n) is 14.6. The highest BCUT2D eigenvalue weighted by molar-refractivity contribution is 5.95. The van der Waals surface area contributed by atoms with Crippen LogP contribution in [0.15, 0.2) is 23.1 Å². The second-order valence-electron chi connectivity index (χ2n) is 6.75. The average Bonchev–Trinajstić information content (AvgIpc) is 3.04. The molecule has 9 heteroatoms. The normalized spacial score (nSPS) is 23.3. The van der Waals surface area contributed by atoms with Crippen LogP contribution in [0, 0.1) is 6.92 Å². The number of nitrogens with zero attached hydrogens (tertiary/aromatic N) is 4. The monoisotopic (exact) mass is 359 g/mol. The number of nitrogens with one attached hydrogen (secondary N) is 1. The number of morpholine rings is 1. The van der Waals surface area contributed by atoms with Crippen LogP contribution < -0.4 is 5.56 Å². The maximum absolute atomic E-state index is 13.0. The molecule has 0 bridgehead atoms. The van der Waals surface area contributed by atoms with Gasteiger partial charge in [-0.2, -0.15) is 10.2 Å². The summed E-state index contributed by atoms with van der Waals surface area (Å²) >= 11 is 0. The molecule has 1 atom stereocenters. The predicted octanol–water partition coefficient (Wildman–Crippen LogP) is 0.286. The smallest absolute Gasteiger partial charge is 0.264 e. The Balaban J connectivity index is 1.56. The summed E-state index contributed by atoms with van der Waals surface area (Å²) in [6.07, 6.45) is 3.39. The first-order valence-corrected chi connectivity index (χ1v) is 8.70. The molecule has 138 valence electrons. The predicted molar refractivity (Wildman–Crippen MR) is 91.4 cm³/mol. The van der Waals surface area contributed by atoms with Gasteiger partial charge in [0.25, 0.3) is 11.5 Å². The van der Waals surface area contributed by atoms with Gasteiger partial charge in [0, 0.05) is 19.2 Å². The second-order valence-corrected chi connectivity index (χ2v) is 6.75. The number of H-pyrrole nitrogens is 1. The minimum absolute atomic E-state index is 0.0774. The highest BCUT2D eigenvalue weighted by Crippen LogP contribution is 2.28. The molecule has 0 aliphatic carbocycles. The molecule has 4 heterocycles. The Bertz CT molecular complexity index is 842. The number of rotatable bonds is 2. The summed E-state index contributed by atoms with van der Waals surface area (Å²) in [7, 11) is 0. The molecular weight excluding hydrogens is 338 g/mol. The lowest BCUT2D eigenvalue weighted by Gasteiger charge is -2.44. The van der Waals surface area contributed by atoms with Gasteiger partial charge in [0.15, 0.2) is 5.82 Å². The Kier molecular flexibility index (Phi) is 4.33. The fourth-order valence-electron chi connectivity index (χ4n) is 3.56. The summed E-state index contributed by atoms with van der Waals surface area (Å²) in [6, 6.07) is 2.94. The maximum Gasteiger partial charge on any atom is 0.264 e. The molecule has 0 saturated carbocycles. The number of aromatic nitrogens is 4. The Morgan fingerprint density at radius 2 is 2.23 bits per heavy atom. The lowest BCUT2D eigenvalue weighted by molar-refractivity contribution is -0.160. The van der Waals surface area contributed by atoms with E-state index in [0.717, 1.165) is 19.4 Å². The van der Waals surface area contributed by atoms with E-state index < -0.39 is 5.60 Å². The molecule has 1 amide bonds. The summed E-state index contributed by atoms with van der Waals surface area (Å²) in [5.41, 5.74) is 0.515. The van der Waals surface area contributed by atoms with Crippen molar-refractivity contribution >= 4 is 5.91 Å². The molecule has 2 saturated heterocycles. The summed E-state index contributed by atoms with van der Waals surface area (Å²) in [4.78, 5) is 26.0. The Morgan fingerprint density at radius 1 is 1.35 bits per heavy atom. The fraction of sp³-hybridized carbons (Fsp3) is 0.529. The molecule has 9 nitrogen and oxygen atoms in total. The summed E-state index contributed by atoms with van der Waals surface area (Å²) in [6.45, 7) is 4.65. The Hall–Kier alpha value is -2.52. The molecule has 2 aliphatic heterocycles. The van der Waals surface area contributed by atoms with Gasteiger partial charge in [-0.1, -0.05) is 0 Å². The summed E-state index contributed by atoms with van der Waals surface area (Å²) in [5, 5.41) is 10.6. The van der Waals surface area contributed by atoms with Gasteiger partial charge in [0.1, 0.15) is 5.60 Å². The van der Waals surface area contributed by atoms with Crippen LogP contribution in [-0.2, 0) is 9.47 Å². The van der Waals surface area contributed by atoms with Crippen molar-refractivity contribution in [2.24, 2.45) is 0 Å². The SMILES string of the molecule is Cc1c(C(=O)N2CCOC3(CCCOC3)C2)cnn1-c1ccc(=O)[nH]n1. The van der Waals surface area contributed by atoms with Crippen LogP contribution in [0.3, 0.4) is 0 Å². The van der Waals surface area contributed by atoms with Crippen molar-refractivity contribution in [2.45, 2.75) is 25.4 Å². The Morgan fingerprint density at radius 3 is 2.96 bits per heavy atom. The van der Waals surface area contributed by atoms with Crippen LogP contribution in [0.25, 0.3) is 5.82 Å².